The minimum absolute atomic E-state index is 1.06. The van der Waals surface area contributed by atoms with E-state index in [1.54, 1.807) is 0 Å². The molecular weight excluding hydrogens is 248 g/mol. The van der Waals surface area contributed by atoms with Gasteiger partial charge in [-0.05, 0) is 28.8 Å². The van der Waals surface area contributed by atoms with Crippen LogP contribution in [0.25, 0.3) is 5.57 Å². The maximum atomic E-state index is 4.11. The van der Waals surface area contributed by atoms with E-state index in [0.717, 1.165) is 15.6 Å². The molecule has 0 aliphatic carbocycles. The standard InChI is InChI=1S/C14H11Br/c1-11(12-5-3-2-4-6-12)13-7-9-14(15)10-8-13/h2-10H,1H2. The summed E-state index contributed by atoms with van der Waals surface area (Å²) in [7, 11) is 0. The highest BCUT2D eigenvalue weighted by Crippen LogP contribution is 2.22. The van der Waals surface area contributed by atoms with Crippen molar-refractivity contribution < 1.29 is 0 Å². The molecule has 0 radical (unpaired) electrons. The van der Waals surface area contributed by atoms with Gasteiger partial charge in [0.2, 0.25) is 0 Å². The summed E-state index contributed by atoms with van der Waals surface area (Å²) in [4.78, 5) is 0. The molecule has 0 saturated carbocycles. The first kappa shape index (κ1) is 10.2. The molecule has 0 N–H and O–H groups in total. The van der Waals surface area contributed by atoms with Gasteiger partial charge in [0.25, 0.3) is 0 Å². The number of halogens is 1. The molecule has 0 nitrogen and oxygen atoms in total. The summed E-state index contributed by atoms with van der Waals surface area (Å²) in [6.45, 7) is 4.11. The van der Waals surface area contributed by atoms with Crippen LogP contribution < -0.4 is 0 Å². The van der Waals surface area contributed by atoms with Crippen LogP contribution in [-0.4, -0.2) is 0 Å². The van der Waals surface area contributed by atoms with Crippen molar-refractivity contribution in [3.63, 3.8) is 0 Å². The van der Waals surface area contributed by atoms with Crippen LogP contribution in [0.5, 0.6) is 0 Å². The van der Waals surface area contributed by atoms with Gasteiger partial charge < -0.3 is 0 Å². The van der Waals surface area contributed by atoms with E-state index in [1.807, 2.05) is 30.3 Å². The van der Waals surface area contributed by atoms with Crippen molar-refractivity contribution in [2.75, 3.05) is 0 Å². The second kappa shape index (κ2) is 4.45. The van der Waals surface area contributed by atoms with Crippen LogP contribution in [0.15, 0.2) is 65.6 Å². The lowest BCUT2D eigenvalue weighted by atomic mass is 10.00. The molecule has 0 heterocycles. The highest BCUT2D eigenvalue weighted by atomic mass is 79.9. The van der Waals surface area contributed by atoms with E-state index in [2.05, 4.69) is 46.8 Å². The predicted octanol–water partition coefficient (Wildman–Crippen LogP) is 4.51. The summed E-state index contributed by atoms with van der Waals surface area (Å²) in [5, 5.41) is 0. The molecule has 2 rings (SSSR count). The van der Waals surface area contributed by atoms with Crippen molar-refractivity contribution in [1.82, 2.24) is 0 Å². The molecule has 0 unspecified atom stereocenters. The van der Waals surface area contributed by atoms with Gasteiger partial charge in [0.05, 0.1) is 0 Å². The van der Waals surface area contributed by atoms with Crippen molar-refractivity contribution in [3.05, 3.63) is 76.8 Å². The SMILES string of the molecule is C=C(c1ccccc1)c1ccc(Br)cc1. The third-order valence-corrected chi connectivity index (χ3v) is 2.84. The lowest BCUT2D eigenvalue weighted by molar-refractivity contribution is 1.54. The van der Waals surface area contributed by atoms with Crippen LogP contribution in [0, 0.1) is 0 Å². The van der Waals surface area contributed by atoms with Gasteiger partial charge in [0, 0.05) is 4.47 Å². The molecule has 0 aromatic heterocycles. The molecular formula is C14H11Br. The van der Waals surface area contributed by atoms with E-state index in [1.165, 1.54) is 5.56 Å². The third-order valence-electron chi connectivity index (χ3n) is 2.31. The minimum Gasteiger partial charge on any atom is -0.0906 e. The van der Waals surface area contributed by atoms with Gasteiger partial charge in [0.1, 0.15) is 0 Å². The monoisotopic (exact) mass is 258 g/mol. The highest BCUT2D eigenvalue weighted by Gasteiger charge is 2.00. The Morgan fingerprint density at radius 2 is 1.33 bits per heavy atom. The minimum atomic E-state index is 1.06. The molecule has 74 valence electrons. The van der Waals surface area contributed by atoms with E-state index in [4.69, 9.17) is 0 Å². The van der Waals surface area contributed by atoms with E-state index in [9.17, 15) is 0 Å². The van der Waals surface area contributed by atoms with Gasteiger partial charge in [-0.3, -0.25) is 0 Å². The molecule has 1 heteroatoms. The van der Waals surface area contributed by atoms with E-state index < -0.39 is 0 Å². The zero-order valence-electron chi connectivity index (χ0n) is 8.28. The summed E-state index contributed by atoms with van der Waals surface area (Å²) in [6, 6.07) is 18.4. The first-order valence-electron chi connectivity index (χ1n) is 4.77. The molecule has 0 aliphatic heterocycles. The second-order valence-corrected chi connectivity index (χ2v) is 4.27. The maximum absolute atomic E-state index is 4.11. The van der Waals surface area contributed by atoms with Crippen LogP contribution in [0.3, 0.4) is 0 Å². The zero-order valence-corrected chi connectivity index (χ0v) is 9.87. The Hall–Kier alpha value is -1.34. The smallest absolute Gasteiger partial charge is 0.0175 e. The van der Waals surface area contributed by atoms with Gasteiger partial charge in [0.15, 0.2) is 0 Å². The van der Waals surface area contributed by atoms with Gasteiger partial charge in [-0.25, -0.2) is 0 Å². The van der Waals surface area contributed by atoms with Crippen molar-refractivity contribution in [2.24, 2.45) is 0 Å². The van der Waals surface area contributed by atoms with Crippen molar-refractivity contribution >= 4 is 21.5 Å². The largest absolute Gasteiger partial charge is 0.0906 e. The lowest BCUT2D eigenvalue weighted by Crippen LogP contribution is -1.84. The Bertz CT molecular complexity index is 454. The zero-order chi connectivity index (χ0) is 10.7. The molecule has 2 aromatic rings. The van der Waals surface area contributed by atoms with Gasteiger partial charge in [-0.2, -0.15) is 0 Å². The van der Waals surface area contributed by atoms with Crippen LogP contribution in [0.2, 0.25) is 0 Å². The average molecular weight is 259 g/mol. The first-order valence-corrected chi connectivity index (χ1v) is 5.57. The first-order chi connectivity index (χ1) is 7.27. The molecule has 0 amide bonds. The van der Waals surface area contributed by atoms with Crippen LogP contribution in [0.4, 0.5) is 0 Å². The maximum Gasteiger partial charge on any atom is 0.0175 e. The third kappa shape index (κ3) is 2.37. The Kier molecular flexibility index (Phi) is 3.02. The van der Waals surface area contributed by atoms with Gasteiger partial charge >= 0.3 is 0 Å². The fraction of sp³-hybridized carbons (Fsp3) is 0. The Balaban J connectivity index is 2.33. The van der Waals surface area contributed by atoms with E-state index >= 15 is 0 Å². The second-order valence-electron chi connectivity index (χ2n) is 3.35. The number of benzene rings is 2. The summed E-state index contributed by atoms with van der Waals surface area (Å²) < 4.78 is 1.09. The summed E-state index contributed by atoms with van der Waals surface area (Å²) >= 11 is 3.42. The Morgan fingerprint density at radius 1 is 0.800 bits per heavy atom. The molecule has 15 heavy (non-hydrogen) atoms. The number of rotatable bonds is 2. The molecule has 0 saturated heterocycles. The van der Waals surface area contributed by atoms with Crippen LogP contribution in [-0.2, 0) is 0 Å². The quantitative estimate of drug-likeness (QED) is 0.744. The Morgan fingerprint density at radius 3 is 1.93 bits per heavy atom. The summed E-state index contributed by atoms with van der Waals surface area (Å²) in [5.74, 6) is 0. The van der Waals surface area contributed by atoms with Crippen LogP contribution in [0.1, 0.15) is 11.1 Å². The molecule has 0 spiro atoms. The summed E-state index contributed by atoms with van der Waals surface area (Å²) in [6.07, 6.45) is 0. The highest BCUT2D eigenvalue weighted by molar-refractivity contribution is 9.10. The van der Waals surface area contributed by atoms with Crippen molar-refractivity contribution in [1.29, 1.82) is 0 Å². The van der Waals surface area contributed by atoms with Crippen molar-refractivity contribution in [2.45, 2.75) is 0 Å². The van der Waals surface area contributed by atoms with Gasteiger partial charge in [-0.1, -0.05) is 65.0 Å². The van der Waals surface area contributed by atoms with E-state index in [0.29, 0.717) is 0 Å². The predicted molar refractivity (Wildman–Crippen MR) is 68.7 cm³/mol. The fourth-order valence-electron chi connectivity index (χ4n) is 1.46. The molecule has 0 fully saturated rings. The molecule has 0 bridgehead atoms. The number of hydrogen-bond donors (Lipinski definition) is 0. The normalized spacial score (nSPS) is 9.93. The number of hydrogen-bond acceptors (Lipinski definition) is 0. The average Bonchev–Trinajstić information content (AvgIpc) is 2.30. The Labute approximate surface area is 98.4 Å². The van der Waals surface area contributed by atoms with Crippen LogP contribution >= 0.6 is 15.9 Å². The van der Waals surface area contributed by atoms with Crippen molar-refractivity contribution in [3.8, 4) is 0 Å². The van der Waals surface area contributed by atoms with Gasteiger partial charge in [-0.15, -0.1) is 0 Å². The summed E-state index contributed by atoms with van der Waals surface area (Å²) in [5.41, 5.74) is 3.38. The molecule has 0 aliphatic rings. The topological polar surface area (TPSA) is 0 Å². The lowest BCUT2D eigenvalue weighted by Gasteiger charge is -2.05. The molecule has 0 atom stereocenters. The van der Waals surface area contributed by atoms with E-state index in [-0.39, 0.29) is 0 Å². The molecule has 2 aromatic carbocycles. The fourth-order valence-corrected chi connectivity index (χ4v) is 1.72.